The highest BCUT2D eigenvalue weighted by molar-refractivity contribution is 8.03. The van der Waals surface area contributed by atoms with Gasteiger partial charge in [0.25, 0.3) is 0 Å². The molecular weight excluding hydrogens is 260 g/mol. The molecule has 1 aliphatic heterocycles. The second-order valence-electron chi connectivity index (χ2n) is 4.63. The number of ether oxygens (including phenoxy) is 1. The average Bonchev–Trinajstić information content (AvgIpc) is 2.83. The van der Waals surface area contributed by atoms with Crippen molar-refractivity contribution in [3.05, 3.63) is 34.2 Å². The zero-order valence-corrected chi connectivity index (χ0v) is 11.9. The Morgan fingerprint density at radius 2 is 2.32 bits per heavy atom. The summed E-state index contributed by atoms with van der Waals surface area (Å²) in [5.74, 6) is 1.50. The first-order chi connectivity index (χ1) is 9.15. The van der Waals surface area contributed by atoms with Gasteiger partial charge in [0.2, 0.25) is 0 Å². The molecule has 2 rings (SSSR count). The van der Waals surface area contributed by atoms with Gasteiger partial charge in [-0.15, -0.1) is 11.8 Å². The number of methoxy groups -OCH3 is 1. The summed E-state index contributed by atoms with van der Waals surface area (Å²) in [4.78, 5) is 11.9. The number of thioether (sulfide) groups is 1. The average molecular weight is 278 g/mol. The van der Waals surface area contributed by atoms with Crippen molar-refractivity contribution in [2.24, 2.45) is 0 Å². The van der Waals surface area contributed by atoms with Gasteiger partial charge >= 0.3 is 0 Å². The summed E-state index contributed by atoms with van der Waals surface area (Å²) >= 11 is 1.69. The highest BCUT2D eigenvalue weighted by Crippen LogP contribution is 2.34. The lowest BCUT2D eigenvalue weighted by Crippen LogP contribution is -2.01. The van der Waals surface area contributed by atoms with E-state index in [0.29, 0.717) is 5.75 Å². The highest BCUT2D eigenvalue weighted by Gasteiger charge is 2.19. The molecule has 0 amide bonds. The quantitative estimate of drug-likeness (QED) is 0.860. The summed E-state index contributed by atoms with van der Waals surface area (Å²) in [6.45, 7) is 1.85. The fourth-order valence-corrected chi connectivity index (χ4v) is 3.20. The molecule has 0 spiro atoms. The number of benzene rings is 1. The van der Waals surface area contributed by atoms with Gasteiger partial charge in [0.15, 0.2) is 0 Å². The molecule has 4 heteroatoms. The number of aliphatic hydroxyl groups excluding tert-OH is 1. The summed E-state index contributed by atoms with van der Waals surface area (Å²) in [6.07, 6.45) is 3.37. The summed E-state index contributed by atoms with van der Waals surface area (Å²) in [5, 5.41) is 9.79. The second kappa shape index (κ2) is 6.26. The Bertz CT molecular complexity index is 496. The van der Waals surface area contributed by atoms with E-state index < -0.39 is 0 Å². The minimum atomic E-state index is -0.343. The maximum absolute atomic E-state index is 10.9. The molecule has 2 unspecified atom stereocenters. The number of rotatable bonds is 4. The summed E-state index contributed by atoms with van der Waals surface area (Å²) < 4.78 is 5.34. The van der Waals surface area contributed by atoms with E-state index in [1.807, 2.05) is 31.2 Å². The molecule has 2 atom stereocenters. The van der Waals surface area contributed by atoms with Crippen molar-refractivity contribution in [3.63, 3.8) is 0 Å². The van der Waals surface area contributed by atoms with E-state index in [9.17, 15) is 9.90 Å². The normalized spacial score (nSPS) is 22.5. The van der Waals surface area contributed by atoms with Crippen LogP contribution in [-0.2, 0) is 4.79 Å². The van der Waals surface area contributed by atoms with Crippen molar-refractivity contribution in [3.8, 4) is 5.75 Å². The molecule has 1 fully saturated rings. The molecule has 1 N–H and O–H groups in total. The first-order valence-electron chi connectivity index (χ1n) is 6.31. The molecule has 0 aliphatic carbocycles. The SMILES string of the molecule is COc1cc(/C=C2\SCCC2O)ccc1C(C)C=O. The molecule has 0 saturated carbocycles. The molecule has 102 valence electrons. The fraction of sp³-hybridized carbons (Fsp3) is 0.400. The van der Waals surface area contributed by atoms with E-state index in [4.69, 9.17) is 4.74 Å². The van der Waals surface area contributed by atoms with E-state index in [2.05, 4.69) is 0 Å². The van der Waals surface area contributed by atoms with Crippen LogP contribution in [0.5, 0.6) is 5.75 Å². The van der Waals surface area contributed by atoms with Gasteiger partial charge in [0.05, 0.1) is 13.2 Å². The Hall–Kier alpha value is -1.26. The van der Waals surface area contributed by atoms with Gasteiger partial charge in [0.1, 0.15) is 12.0 Å². The first-order valence-corrected chi connectivity index (χ1v) is 7.30. The van der Waals surface area contributed by atoms with E-state index in [-0.39, 0.29) is 12.0 Å². The van der Waals surface area contributed by atoms with Crippen LogP contribution in [-0.4, -0.2) is 30.4 Å². The van der Waals surface area contributed by atoms with Gasteiger partial charge in [-0.3, -0.25) is 0 Å². The molecule has 1 aromatic rings. The van der Waals surface area contributed by atoms with Crippen LogP contribution in [0, 0.1) is 0 Å². The van der Waals surface area contributed by atoms with Gasteiger partial charge in [-0.2, -0.15) is 0 Å². The zero-order valence-electron chi connectivity index (χ0n) is 11.1. The fourth-order valence-electron chi connectivity index (χ4n) is 2.10. The van der Waals surface area contributed by atoms with E-state index in [1.165, 1.54) is 0 Å². The molecule has 3 nitrogen and oxygen atoms in total. The molecule has 19 heavy (non-hydrogen) atoms. The molecule has 0 bridgehead atoms. The first kappa shape index (κ1) is 14.2. The van der Waals surface area contributed by atoms with E-state index in [1.54, 1.807) is 18.9 Å². The Morgan fingerprint density at radius 1 is 1.53 bits per heavy atom. The molecular formula is C15H18O3S. The Morgan fingerprint density at radius 3 is 2.89 bits per heavy atom. The number of hydrogen-bond acceptors (Lipinski definition) is 4. The molecule has 0 aromatic heterocycles. The minimum Gasteiger partial charge on any atom is -0.496 e. The van der Waals surface area contributed by atoms with Crippen LogP contribution in [0.2, 0.25) is 0 Å². The second-order valence-corrected chi connectivity index (χ2v) is 5.79. The van der Waals surface area contributed by atoms with Crippen molar-refractivity contribution in [1.82, 2.24) is 0 Å². The molecule has 1 aliphatic rings. The smallest absolute Gasteiger partial charge is 0.127 e. The monoisotopic (exact) mass is 278 g/mol. The van der Waals surface area contributed by atoms with Crippen molar-refractivity contribution >= 4 is 24.1 Å². The predicted molar refractivity (Wildman–Crippen MR) is 78.5 cm³/mol. The van der Waals surface area contributed by atoms with Crippen molar-refractivity contribution in [1.29, 1.82) is 0 Å². The third-order valence-electron chi connectivity index (χ3n) is 3.25. The summed E-state index contributed by atoms with van der Waals surface area (Å²) in [5.41, 5.74) is 1.88. The lowest BCUT2D eigenvalue weighted by Gasteiger charge is -2.12. The molecule has 1 heterocycles. The lowest BCUT2D eigenvalue weighted by molar-refractivity contribution is -0.108. The third-order valence-corrected chi connectivity index (χ3v) is 4.41. The van der Waals surface area contributed by atoms with Gasteiger partial charge in [0, 0.05) is 22.1 Å². The largest absolute Gasteiger partial charge is 0.496 e. The van der Waals surface area contributed by atoms with Gasteiger partial charge in [-0.25, -0.2) is 0 Å². The predicted octanol–water partition coefficient (Wildman–Crippen LogP) is 2.84. The zero-order chi connectivity index (χ0) is 13.8. The van der Waals surface area contributed by atoms with Crippen LogP contribution in [0.4, 0.5) is 0 Å². The van der Waals surface area contributed by atoms with Crippen LogP contribution in [0.15, 0.2) is 23.1 Å². The Balaban J connectivity index is 2.31. The van der Waals surface area contributed by atoms with E-state index >= 15 is 0 Å². The Kier molecular flexibility index (Phi) is 4.66. The maximum atomic E-state index is 10.9. The van der Waals surface area contributed by atoms with Crippen molar-refractivity contribution in [2.75, 3.05) is 12.9 Å². The number of hydrogen-bond donors (Lipinski definition) is 1. The van der Waals surface area contributed by atoms with Gasteiger partial charge in [-0.1, -0.05) is 19.1 Å². The highest BCUT2D eigenvalue weighted by atomic mass is 32.2. The number of aliphatic hydroxyl groups is 1. The third kappa shape index (κ3) is 3.19. The van der Waals surface area contributed by atoms with Gasteiger partial charge in [-0.05, 0) is 24.1 Å². The molecule has 0 radical (unpaired) electrons. The van der Waals surface area contributed by atoms with Crippen molar-refractivity contribution < 1.29 is 14.6 Å². The number of carbonyl (C=O) groups excluding carboxylic acids is 1. The number of aldehydes is 1. The maximum Gasteiger partial charge on any atom is 0.127 e. The topological polar surface area (TPSA) is 46.5 Å². The van der Waals surface area contributed by atoms with Crippen LogP contribution in [0.1, 0.15) is 30.4 Å². The molecule has 1 aromatic carbocycles. The Labute approximate surface area is 117 Å². The van der Waals surface area contributed by atoms with Gasteiger partial charge < -0.3 is 14.6 Å². The molecule has 1 saturated heterocycles. The van der Waals surface area contributed by atoms with Crippen molar-refractivity contribution in [2.45, 2.75) is 25.4 Å². The van der Waals surface area contributed by atoms with Crippen LogP contribution in [0.25, 0.3) is 6.08 Å². The van der Waals surface area contributed by atoms with Crippen LogP contribution < -0.4 is 4.74 Å². The summed E-state index contributed by atoms with van der Waals surface area (Å²) in [6, 6.07) is 5.78. The number of carbonyl (C=O) groups is 1. The van der Waals surface area contributed by atoms with Crippen LogP contribution >= 0.6 is 11.8 Å². The standard InChI is InChI=1S/C15H18O3S/c1-10(9-16)12-4-3-11(7-14(12)18-2)8-15-13(17)5-6-19-15/h3-4,7-10,13,17H,5-6H2,1-2H3/b15-8-. The summed E-state index contributed by atoms with van der Waals surface area (Å²) in [7, 11) is 1.60. The lowest BCUT2D eigenvalue weighted by atomic mass is 9.99. The van der Waals surface area contributed by atoms with Crippen LogP contribution in [0.3, 0.4) is 0 Å². The minimum absolute atomic E-state index is 0.178. The van der Waals surface area contributed by atoms with E-state index in [0.717, 1.165) is 34.5 Å².